The van der Waals surface area contributed by atoms with Crippen molar-refractivity contribution in [2.24, 2.45) is 5.92 Å². The number of esters is 2. The van der Waals surface area contributed by atoms with Gasteiger partial charge in [-0.3, -0.25) is 9.59 Å². The molecule has 51 heavy (non-hydrogen) atoms. The molecule has 1 rings (SSSR count). The fraction of sp³-hybridized carbons (Fsp3) is 0.956. The first kappa shape index (κ1) is 47.9. The van der Waals surface area contributed by atoms with E-state index in [1.54, 1.807) is 0 Å². The van der Waals surface area contributed by atoms with Crippen LogP contribution in [0, 0.1) is 5.92 Å². The van der Waals surface area contributed by atoms with Crippen molar-refractivity contribution < 1.29 is 24.2 Å². The zero-order valence-electron chi connectivity index (χ0n) is 34.4. The minimum Gasteiger partial charge on any atom is -0.462 e. The molecule has 0 aromatic heterocycles. The number of ether oxygens (including phenoxy) is 2. The Morgan fingerprint density at radius 2 is 0.980 bits per heavy atom. The molecule has 0 bridgehead atoms. The zero-order valence-corrected chi connectivity index (χ0v) is 34.4. The smallest absolute Gasteiger partial charge is 0.306 e. The van der Waals surface area contributed by atoms with E-state index in [1.807, 2.05) is 0 Å². The van der Waals surface area contributed by atoms with E-state index in [1.165, 1.54) is 128 Å². The first-order valence-electron chi connectivity index (χ1n) is 22.8. The Bertz CT molecular complexity index is 760. The average molecular weight is 722 g/mol. The molecule has 1 aliphatic rings. The predicted molar refractivity (Wildman–Crippen MR) is 216 cm³/mol. The molecule has 0 spiro atoms. The van der Waals surface area contributed by atoms with Gasteiger partial charge >= 0.3 is 11.9 Å². The summed E-state index contributed by atoms with van der Waals surface area (Å²) < 4.78 is 11.7. The van der Waals surface area contributed by atoms with Crippen LogP contribution in [-0.2, 0) is 19.1 Å². The van der Waals surface area contributed by atoms with Gasteiger partial charge in [-0.25, -0.2) is 0 Å². The summed E-state index contributed by atoms with van der Waals surface area (Å²) in [7, 11) is 0. The van der Waals surface area contributed by atoms with E-state index >= 15 is 0 Å². The Hall–Kier alpha value is -1.14. The van der Waals surface area contributed by atoms with E-state index in [9.17, 15) is 14.7 Å². The molecule has 0 aromatic carbocycles. The number of carbonyl (C=O) groups excluding carboxylic acids is 2. The highest BCUT2D eigenvalue weighted by Crippen LogP contribution is 2.38. The molecule has 2 atom stereocenters. The van der Waals surface area contributed by atoms with Crippen molar-refractivity contribution in [3.05, 3.63) is 0 Å². The van der Waals surface area contributed by atoms with Gasteiger partial charge in [-0.05, 0) is 83.2 Å². The molecule has 0 saturated heterocycles. The Kier molecular flexibility index (Phi) is 33.7. The minimum absolute atomic E-state index is 0.00813. The van der Waals surface area contributed by atoms with Crippen LogP contribution in [0.4, 0.5) is 0 Å². The fourth-order valence-corrected chi connectivity index (χ4v) is 7.46. The summed E-state index contributed by atoms with van der Waals surface area (Å²) in [5.74, 6) is 0.653. The highest BCUT2D eigenvalue weighted by atomic mass is 16.6. The summed E-state index contributed by atoms with van der Waals surface area (Å²) in [6.45, 7) is 9.80. The third-order valence-corrected chi connectivity index (χ3v) is 11.0. The van der Waals surface area contributed by atoms with E-state index in [2.05, 4.69) is 25.7 Å². The third kappa shape index (κ3) is 31.0. The van der Waals surface area contributed by atoms with Gasteiger partial charge in [-0.15, -0.1) is 0 Å². The summed E-state index contributed by atoms with van der Waals surface area (Å²) in [6, 6.07) is 0. The van der Waals surface area contributed by atoms with Gasteiger partial charge in [0.05, 0.1) is 6.61 Å². The standard InChI is InChI=1S/C45H87NO5/c1-4-7-10-13-18-25-32-42(33-26-19-14-11-8-5-2)50-44(48)34-27-20-15-22-29-36-46(38-39-47)37-30-23-16-21-28-35-45(49)51-43-40-41(43)31-24-17-12-9-6-3/h41-43,47H,4-40H2,1-3H3/t41?,43-/m1/s1. The Labute approximate surface area is 317 Å². The molecular weight excluding hydrogens is 634 g/mol. The number of carbonyl (C=O) groups is 2. The molecule has 0 amide bonds. The quantitative estimate of drug-likeness (QED) is 0.0501. The molecule has 1 saturated carbocycles. The molecule has 0 aromatic rings. The maximum absolute atomic E-state index is 12.7. The van der Waals surface area contributed by atoms with Crippen LogP contribution >= 0.6 is 0 Å². The van der Waals surface area contributed by atoms with Crippen molar-refractivity contribution in [3.8, 4) is 0 Å². The van der Waals surface area contributed by atoms with E-state index in [-0.39, 0.29) is 30.8 Å². The lowest BCUT2D eigenvalue weighted by atomic mass is 10.0. The summed E-state index contributed by atoms with van der Waals surface area (Å²) in [4.78, 5) is 27.3. The first-order chi connectivity index (χ1) is 25.0. The fourth-order valence-electron chi connectivity index (χ4n) is 7.46. The normalized spacial score (nSPS) is 15.6. The van der Waals surface area contributed by atoms with Crippen molar-refractivity contribution in [1.82, 2.24) is 4.90 Å². The second-order valence-electron chi connectivity index (χ2n) is 16.1. The summed E-state index contributed by atoms with van der Waals surface area (Å²) in [5, 5.41) is 9.56. The largest absolute Gasteiger partial charge is 0.462 e. The maximum atomic E-state index is 12.7. The molecule has 0 aliphatic heterocycles. The number of nitrogens with zero attached hydrogens (tertiary/aromatic N) is 1. The minimum atomic E-state index is 0.00813. The molecule has 0 radical (unpaired) electrons. The number of aliphatic hydroxyl groups excluding tert-OH is 1. The molecule has 0 heterocycles. The topological polar surface area (TPSA) is 76.1 Å². The van der Waals surface area contributed by atoms with Crippen molar-refractivity contribution in [2.45, 2.75) is 245 Å². The van der Waals surface area contributed by atoms with Crippen molar-refractivity contribution in [1.29, 1.82) is 0 Å². The van der Waals surface area contributed by atoms with Crippen molar-refractivity contribution in [2.75, 3.05) is 26.2 Å². The number of hydrogen-bond acceptors (Lipinski definition) is 6. The summed E-state index contributed by atoms with van der Waals surface area (Å²) in [5.41, 5.74) is 0. The summed E-state index contributed by atoms with van der Waals surface area (Å²) >= 11 is 0. The molecular formula is C45H87NO5. The van der Waals surface area contributed by atoms with Crippen LogP contribution in [0.3, 0.4) is 0 Å². The van der Waals surface area contributed by atoms with Gasteiger partial charge in [0.15, 0.2) is 0 Å². The van der Waals surface area contributed by atoms with Crippen LogP contribution < -0.4 is 0 Å². The van der Waals surface area contributed by atoms with Gasteiger partial charge < -0.3 is 19.5 Å². The van der Waals surface area contributed by atoms with Crippen LogP contribution in [0.1, 0.15) is 233 Å². The Morgan fingerprint density at radius 3 is 1.49 bits per heavy atom. The SMILES string of the molecule is CCCCCCCCC(CCCCCCCC)OC(=O)CCCCCCCN(CCO)CCCCCCCC(=O)O[C@@H]1CC1CCCCCCC. The van der Waals surface area contributed by atoms with Crippen LogP contribution in [0.25, 0.3) is 0 Å². The highest BCUT2D eigenvalue weighted by Gasteiger charge is 2.39. The second kappa shape index (κ2) is 35.9. The lowest BCUT2D eigenvalue weighted by molar-refractivity contribution is -0.150. The number of hydrogen-bond donors (Lipinski definition) is 1. The van der Waals surface area contributed by atoms with Crippen molar-refractivity contribution in [3.63, 3.8) is 0 Å². The molecule has 6 nitrogen and oxygen atoms in total. The Morgan fingerprint density at radius 1 is 0.549 bits per heavy atom. The van der Waals surface area contributed by atoms with Crippen LogP contribution in [0.15, 0.2) is 0 Å². The number of unbranched alkanes of at least 4 members (excludes halogenated alkanes) is 22. The lowest BCUT2D eigenvalue weighted by Crippen LogP contribution is -2.29. The third-order valence-electron chi connectivity index (χ3n) is 11.0. The van der Waals surface area contributed by atoms with Crippen LogP contribution in [0.2, 0.25) is 0 Å². The van der Waals surface area contributed by atoms with E-state index in [0.717, 1.165) is 90.3 Å². The number of rotatable bonds is 40. The predicted octanol–water partition coefficient (Wildman–Crippen LogP) is 12.7. The van der Waals surface area contributed by atoms with E-state index in [0.29, 0.717) is 18.8 Å². The Balaban J connectivity index is 2.07. The lowest BCUT2D eigenvalue weighted by Gasteiger charge is -2.21. The van der Waals surface area contributed by atoms with Gasteiger partial charge in [0, 0.05) is 19.4 Å². The molecule has 1 N–H and O–H groups in total. The molecule has 1 unspecified atom stereocenters. The van der Waals surface area contributed by atoms with Gasteiger partial charge in [-0.1, -0.05) is 156 Å². The average Bonchev–Trinajstić information content (AvgIpc) is 3.86. The van der Waals surface area contributed by atoms with Gasteiger partial charge in [0.2, 0.25) is 0 Å². The zero-order chi connectivity index (χ0) is 37.0. The monoisotopic (exact) mass is 722 g/mol. The van der Waals surface area contributed by atoms with E-state index < -0.39 is 0 Å². The van der Waals surface area contributed by atoms with Gasteiger partial charge in [-0.2, -0.15) is 0 Å². The molecule has 302 valence electrons. The van der Waals surface area contributed by atoms with Crippen LogP contribution in [-0.4, -0.2) is 60.4 Å². The first-order valence-corrected chi connectivity index (χ1v) is 22.8. The second-order valence-corrected chi connectivity index (χ2v) is 16.1. The van der Waals surface area contributed by atoms with Crippen molar-refractivity contribution >= 4 is 11.9 Å². The molecule has 1 aliphatic carbocycles. The number of aliphatic hydroxyl groups is 1. The highest BCUT2D eigenvalue weighted by molar-refractivity contribution is 5.70. The van der Waals surface area contributed by atoms with Gasteiger partial charge in [0.25, 0.3) is 0 Å². The molecule has 1 fully saturated rings. The molecule has 6 heteroatoms. The van der Waals surface area contributed by atoms with E-state index in [4.69, 9.17) is 9.47 Å². The summed E-state index contributed by atoms with van der Waals surface area (Å²) in [6.07, 6.45) is 38.8. The van der Waals surface area contributed by atoms with Gasteiger partial charge in [0.1, 0.15) is 12.2 Å². The maximum Gasteiger partial charge on any atom is 0.306 e. The van der Waals surface area contributed by atoms with Crippen LogP contribution in [0.5, 0.6) is 0 Å².